The number of carbonyl (C=O) groups excluding carboxylic acids is 2. The van der Waals surface area contributed by atoms with E-state index in [-0.39, 0.29) is 35.6 Å². The van der Waals surface area contributed by atoms with E-state index in [1.54, 1.807) is 24.3 Å². The number of amides is 2. The van der Waals surface area contributed by atoms with Gasteiger partial charge in [-0.15, -0.1) is 0 Å². The summed E-state index contributed by atoms with van der Waals surface area (Å²) < 4.78 is 40.3. The smallest absolute Gasteiger partial charge is 0.244 e. The van der Waals surface area contributed by atoms with Crippen LogP contribution in [0.15, 0.2) is 72.8 Å². The van der Waals surface area contributed by atoms with Crippen LogP contribution in [0, 0.1) is 5.82 Å². The van der Waals surface area contributed by atoms with Gasteiger partial charge in [0, 0.05) is 24.0 Å². The molecule has 214 valence electrons. The SMILES string of the molecule is CC[C@H](C)NC(=O)[C@@H](Cc1ccccc1)N(Cc1cccc(Cl)c1)C(=O)CN(c1ccc(F)c(Cl)c1)S(C)(=O)=O. The summed E-state index contributed by atoms with van der Waals surface area (Å²) in [7, 11) is -4.00. The number of hydrogen-bond donors (Lipinski definition) is 1. The van der Waals surface area contributed by atoms with Gasteiger partial charge in [0.2, 0.25) is 21.8 Å². The van der Waals surface area contributed by atoms with E-state index in [1.165, 1.54) is 11.0 Å². The first kappa shape index (κ1) is 31.4. The maximum absolute atomic E-state index is 14.0. The Kier molecular flexibility index (Phi) is 11.0. The third-order valence-corrected chi connectivity index (χ3v) is 8.05. The van der Waals surface area contributed by atoms with Crippen molar-refractivity contribution in [3.05, 3.63) is 99.8 Å². The molecule has 0 aliphatic heterocycles. The van der Waals surface area contributed by atoms with Crippen molar-refractivity contribution in [2.45, 2.75) is 45.3 Å². The van der Waals surface area contributed by atoms with Crippen molar-refractivity contribution in [1.82, 2.24) is 10.2 Å². The number of anilines is 1. The normalized spacial score (nSPS) is 12.8. The molecule has 0 bridgehead atoms. The number of sulfonamides is 1. The second-order valence-corrected chi connectivity index (χ2v) is 12.3. The summed E-state index contributed by atoms with van der Waals surface area (Å²) in [4.78, 5) is 29.0. The van der Waals surface area contributed by atoms with Gasteiger partial charge in [-0.1, -0.05) is 72.6 Å². The van der Waals surface area contributed by atoms with Crippen LogP contribution in [0.2, 0.25) is 10.0 Å². The van der Waals surface area contributed by atoms with E-state index in [0.29, 0.717) is 17.0 Å². The van der Waals surface area contributed by atoms with Gasteiger partial charge in [-0.25, -0.2) is 12.8 Å². The number of rotatable bonds is 12. The Morgan fingerprint density at radius 1 is 0.975 bits per heavy atom. The van der Waals surface area contributed by atoms with Crippen molar-refractivity contribution in [3.63, 3.8) is 0 Å². The fourth-order valence-electron chi connectivity index (χ4n) is 4.08. The number of carbonyl (C=O) groups is 2. The monoisotopic (exact) mass is 607 g/mol. The van der Waals surface area contributed by atoms with Crippen LogP contribution in [0.1, 0.15) is 31.4 Å². The van der Waals surface area contributed by atoms with Crippen molar-refractivity contribution in [1.29, 1.82) is 0 Å². The number of benzene rings is 3. The number of halogens is 3. The molecule has 3 aromatic carbocycles. The molecule has 0 heterocycles. The minimum Gasteiger partial charge on any atom is -0.352 e. The van der Waals surface area contributed by atoms with Crippen LogP contribution >= 0.6 is 23.2 Å². The molecule has 0 saturated heterocycles. The van der Waals surface area contributed by atoms with Gasteiger partial charge in [0.25, 0.3) is 0 Å². The summed E-state index contributed by atoms with van der Waals surface area (Å²) in [6.07, 6.45) is 1.81. The Bertz CT molecular complexity index is 1440. The van der Waals surface area contributed by atoms with Crippen LogP contribution in [0.25, 0.3) is 0 Å². The average molecular weight is 609 g/mol. The molecule has 0 aliphatic rings. The summed E-state index contributed by atoms with van der Waals surface area (Å²) in [6, 6.07) is 18.4. The Hall–Kier alpha value is -3.14. The van der Waals surface area contributed by atoms with E-state index in [2.05, 4.69) is 5.32 Å². The molecule has 0 fully saturated rings. The van der Waals surface area contributed by atoms with E-state index in [0.717, 1.165) is 28.3 Å². The zero-order chi connectivity index (χ0) is 29.4. The minimum absolute atomic E-state index is 0.00735. The summed E-state index contributed by atoms with van der Waals surface area (Å²) >= 11 is 12.1. The predicted molar refractivity (Wildman–Crippen MR) is 157 cm³/mol. The fraction of sp³-hybridized carbons (Fsp3) is 0.310. The molecule has 2 atom stereocenters. The van der Waals surface area contributed by atoms with Crippen LogP contribution in [0.5, 0.6) is 0 Å². The van der Waals surface area contributed by atoms with Crippen molar-refractivity contribution >= 4 is 50.7 Å². The fourth-order valence-corrected chi connectivity index (χ4v) is 5.31. The maximum Gasteiger partial charge on any atom is 0.244 e. The third kappa shape index (κ3) is 8.68. The number of nitrogens with one attached hydrogen (secondary N) is 1. The quantitative estimate of drug-likeness (QED) is 0.296. The molecule has 3 aromatic rings. The Balaban J connectivity index is 2.07. The largest absolute Gasteiger partial charge is 0.352 e. The maximum atomic E-state index is 14.0. The zero-order valence-corrected chi connectivity index (χ0v) is 24.8. The Labute approximate surface area is 244 Å². The molecule has 0 radical (unpaired) electrons. The molecule has 11 heteroatoms. The van der Waals surface area contributed by atoms with Crippen molar-refractivity contribution in [2.75, 3.05) is 17.1 Å². The number of hydrogen-bond acceptors (Lipinski definition) is 4. The molecule has 0 unspecified atom stereocenters. The molecular formula is C29H32Cl2FN3O4S. The number of nitrogens with zero attached hydrogens (tertiary/aromatic N) is 2. The second kappa shape index (κ2) is 14.0. The van der Waals surface area contributed by atoms with E-state index < -0.39 is 34.3 Å². The van der Waals surface area contributed by atoms with Gasteiger partial charge >= 0.3 is 0 Å². The van der Waals surface area contributed by atoms with E-state index in [1.807, 2.05) is 44.2 Å². The molecule has 3 rings (SSSR count). The lowest BCUT2D eigenvalue weighted by molar-refractivity contribution is -0.140. The van der Waals surface area contributed by atoms with Crippen LogP contribution in [0.4, 0.5) is 10.1 Å². The standard InChI is InChI=1S/C29H32Cl2FN3O4S/c1-4-20(2)33-29(37)27(16-21-9-6-5-7-10-21)34(18-22-11-8-12-23(30)15-22)28(36)19-35(40(3,38)39)24-13-14-26(32)25(31)17-24/h5-15,17,20,27H,4,16,18-19H2,1-3H3,(H,33,37)/t20-,27+/m0/s1. The lowest BCUT2D eigenvalue weighted by Gasteiger charge is -2.34. The molecule has 1 N–H and O–H groups in total. The molecule has 7 nitrogen and oxygen atoms in total. The van der Waals surface area contributed by atoms with Gasteiger partial charge in [0.05, 0.1) is 17.0 Å². The topological polar surface area (TPSA) is 86.8 Å². The van der Waals surface area contributed by atoms with Crippen LogP contribution < -0.4 is 9.62 Å². The Morgan fingerprint density at radius 2 is 1.65 bits per heavy atom. The summed E-state index contributed by atoms with van der Waals surface area (Å²) in [5, 5.41) is 3.12. The van der Waals surface area contributed by atoms with Crippen molar-refractivity contribution in [3.8, 4) is 0 Å². The molecular weight excluding hydrogens is 576 g/mol. The highest BCUT2D eigenvalue weighted by Gasteiger charge is 2.33. The molecule has 0 spiro atoms. The van der Waals surface area contributed by atoms with Gasteiger partial charge in [-0.05, 0) is 54.8 Å². The molecule has 0 aliphatic carbocycles. The van der Waals surface area contributed by atoms with Gasteiger partial charge in [0.1, 0.15) is 18.4 Å². The first-order valence-corrected chi connectivity index (χ1v) is 15.3. The predicted octanol–water partition coefficient (Wildman–Crippen LogP) is 5.45. The summed E-state index contributed by atoms with van der Waals surface area (Å²) in [5.74, 6) is -1.73. The molecule has 2 amide bonds. The molecule has 0 aromatic heterocycles. The molecule has 0 saturated carbocycles. The van der Waals surface area contributed by atoms with Gasteiger partial charge in [0.15, 0.2) is 0 Å². The van der Waals surface area contributed by atoms with Crippen LogP contribution in [-0.4, -0.2) is 50.0 Å². The third-order valence-electron chi connectivity index (χ3n) is 6.38. The minimum atomic E-state index is -4.00. The average Bonchev–Trinajstić information content (AvgIpc) is 2.90. The summed E-state index contributed by atoms with van der Waals surface area (Å²) in [6.45, 7) is 3.16. The zero-order valence-electron chi connectivity index (χ0n) is 22.5. The van der Waals surface area contributed by atoms with Gasteiger partial charge in [-0.3, -0.25) is 13.9 Å². The summed E-state index contributed by atoms with van der Waals surface area (Å²) in [5.41, 5.74) is 1.50. The van der Waals surface area contributed by atoms with Crippen LogP contribution in [-0.2, 0) is 32.6 Å². The van der Waals surface area contributed by atoms with Crippen LogP contribution in [0.3, 0.4) is 0 Å². The molecule has 40 heavy (non-hydrogen) atoms. The first-order chi connectivity index (χ1) is 18.9. The van der Waals surface area contributed by atoms with E-state index in [9.17, 15) is 22.4 Å². The van der Waals surface area contributed by atoms with Gasteiger partial charge in [-0.2, -0.15) is 0 Å². The van der Waals surface area contributed by atoms with Crippen molar-refractivity contribution < 1.29 is 22.4 Å². The lowest BCUT2D eigenvalue weighted by Crippen LogP contribution is -2.54. The first-order valence-electron chi connectivity index (χ1n) is 12.7. The van der Waals surface area contributed by atoms with E-state index in [4.69, 9.17) is 23.2 Å². The van der Waals surface area contributed by atoms with E-state index >= 15 is 0 Å². The highest BCUT2D eigenvalue weighted by atomic mass is 35.5. The second-order valence-electron chi connectivity index (χ2n) is 9.54. The highest BCUT2D eigenvalue weighted by molar-refractivity contribution is 7.92. The Morgan fingerprint density at radius 3 is 2.25 bits per heavy atom. The van der Waals surface area contributed by atoms with Crippen molar-refractivity contribution in [2.24, 2.45) is 0 Å². The lowest BCUT2D eigenvalue weighted by atomic mass is 10.0. The van der Waals surface area contributed by atoms with Gasteiger partial charge < -0.3 is 10.2 Å². The highest BCUT2D eigenvalue weighted by Crippen LogP contribution is 2.25.